The number of hydrogen-bond donors (Lipinski definition) is 0. The van der Waals surface area contributed by atoms with Crippen molar-refractivity contribution < 1.29 is 0 Å². The van der Waals surface area contributed by atoms with Gasteiger partial charge in [0.2, 0.25) is 0 Å². The van der Waals surface area contributed by atoms with Gasteiger partial charge >= 0.3 is 0 Å². The Morgan fingerprint density at radius 2 is 1.83 bits per heavy atom. The average Bonchev–Trinajstić information content (AvgIpc) is 2.57. The van der Waals surface area contributed by atoms with Crippen LogP contribution in [0.2, 0.25) is 0 Å². The first-order valence-electron chi connectivity index (χ1n) is 5.54. The Balaban J connectivity index is 1.84. The van der Waals surface area contributed by atoms with E-state index < -0.39 is 0 Å². The highest BCUT2D eigenvalue weighted by Gasteiger charge is 2.13. The molecule has 0 N–H and O–H groups in total. The molecule has 1 rings (SSSR count). The molecular formula is C12H22. The average molecular weight is 166 g/mol. The molecule has 70 valence electrons. The van der Waals surface area contributed by atoms with Crippen LogP contribution in [0.4, 0.5) is 0 Å². The van der Waals surface area contributed by atoms with Crippen LogP contribution < -0.4 is 0 Å². The minimum Gasteiger partial charge on any atom is -0.103 e. The fourth-order valence-electron chi connectivity index (χ4n) is 2.20. The van der Waals surface area contributed by atoms with E-state index in [9.17, 15) is 0 Å². The number of rotatable bonds is 6. The van der Waals surface area contributed by atoms with Crippen LogP contribution in [0.3, 0.4) is 0 Å². The van der Waals surface area contributed by atoms with E-state index in [-0.39, 0.29) is 0 Å². The van der Waals surface area contributed by atoms with E-state index in [1.165, 1.54) is 57.8 Å². The van der Waals surface area contributed by atoms with E-state index in [2.05, 4.69) is 6.58 Å². The molecule has 0 atom stereocenters. The molecule has 0 unspecified atom stereocenters. The third kappa shape index (κ3) is 3.94. The highest BCUT2D eigenvalue weighted by atomic mass is 14.2. The quantitative estimate of drug-likeness (QED) is 0.407. The molecule has 0 amide bonds. The monoisotopic (exact) mass is 166 g/mol. The lowest BCUT2D eigenvalue weighted by Crippen LogP contribution is -1.92. The van der Waals surface area contributed by atoms with E-state index in [4.69, 9.17) is 0 Å². The maximum Gasteiger partial charge on any atom is -0.0353 e. The first-order valence-corrected chi connectivity index (χ1v) is 5.54. The summed E-state index contributed by atoms with van der Waals surface area (Å²) in [4.78, 5) is 0. The van der Waals surface area contributed by atoms with Crippen LogP contribution in [0.15, 0.2) is 12.7 Å². The van der Waals surface area contributed by atoms with E-state index in [0.29, 0.717) is 0 Å². The van der Waals surface area contributed by atoms with Gasteiger partial charge in [0.05, 0.1) is 0 Å². The Bertz CT molecular complexity index is 109. The van der Waals surface area contributed by atoms with Crippen LogP contribution in [-0.4, -0.2) is 0 Å². The SMILES string of the molecule is C=CCCCCCC1CCCC1. The zero-order valence-corrected chi connectivity index (χ0v) is 8.23. The van der Waals surface area contributed by atoms with Gasteiger partial charge in [-0.15, -0.1) is 6.58 Å². The van der Waals surface area contributed by atoms with Crippen molar-refractivity contribution in [2.45, 2.75) is 57.8 Å². The fraction of sp³-hybridized carbons (Fsp3) is 0.833. The van der Waals surface area contributed by atoms with Crippen LogP contribution in [0.5, 0.6) is 0 Å². The Kier molecular flexibility index (Phi) is 5.14. The second-order valence-corrected chi connectivity index (χ2v) is 4.08. The number of unbranched alkanes of at least 4 members (excludes halogenated alkanes) is 3. The molecule has 1 aliphatic rings. The topological polar surface area (TPSA) is 0 Å². The summed E-state index contributed by atoms with van der Waals surface area (Å²) in [7, 11) is 0. The van der Waals surface area contributed by atoms with Crippen LogP contribution in [0.1, 0.15) is 57.8 Å². The van der Waals surface area contributed by atoms with Crippen molar-refractivity contribution >= 4 is 0 Å². The van der Waals surface area contributed by atoms with Gasteiger partial charge in [-0.25, -0.2) is 0 Å². The van der Waals surface area contributed by atoms with Crippen molar-refractivity contribution in [3.05, 3.63) is 12.7 Å². The normalized spacial score (nSPS) is 18.3. The molecule has 1 saturated carbocycles. The van der Waals surface area contributed by atoms with Crippen LogP contribution in [-0.2, 0) is 0 Å². The first kappa shape index (κ1) is 9.83. The second-order valence-electron chi connectivity index (χ2n) is 4.08. The Labute approximate surface area is 77.1 Å². The molecule has 0 bridgehead atoms. The van der Waals surface area contributed by atoms with Crippen molar-refractivity contribution in [2.75, 3.05) is 0 Å². The van der Waals surface area contributed by atoms with Crippen molar-refractivity contribution in [2.24, 2.45) is 5.92 Å². The summed E-state index contributed by atoms with van der Waals surface area (Å²) in [5.41, 5.74) is 0. The molecule has 0 heterocycles. The van der Waals surface area contributed by atoms with E-state index in [0.717, 1.165) is 5.92 Å². The Hall–Kier alpha value is -0.260. The summed E-state index contributed by atoms with van der Waals surface area (Å²) < 4.78 is 0. The largest absolute Gasteiger partial charge is 0.103 e. The lowest BCUT2D eigenvalue weighted by Gasteiger charge is -2.07. The highest BCUT2D eigenvalue weighted by molar-refractivity contribution is 4.68. The lowest BCUT2D eigenvalue weighted by atomic mass is 9.99. The van der Waals surface area contributed by atoms with Gasteiger partial charge in [0.15, 0.2) is 0 Å². The minimum absolute atomic E-state index is 1.09. The van der Waals surface area contributed by atoms with E-state index in [1.807, 2.05) is 6.08 Å². The highest BCUT2D eigenvalue weighted by Crippen LogP contribution is 2.29. The molecule has 0 aromatic rings. The van der Waals surface area contributed by atoms with Gasteiger partial charge in [-0.1, -0.05) is 51.0 Å². The molecule has 0 spiro atoms. The molecule has 0 heteroatoms. The number of allylic oxidation sites excluding steroid dienone is 1. The van der Waals surface area contributed by atoms with Crippen molar-refractivity contribution in [1.29, 1.82) is 0 Å². The fourth-order valence-corrected chi connectivity index (χ4v) is 2.20. The summed E-state index contributed by atoms with van der Waals surface area (Å²) in [6.45, 7) is 3.74. The van der Waals surface area contributed by atoms with Crippen molar-refractivity contribution in [1.82, 2.24) is 0 Å². The van der Waals surface area contributed by atoms with Crippen LogP contribution >= 0.6 is 0 Å². The first-order chi connectivity index (χ1) is 5.93. The molecule has 0 saturated heterocycles. The van der Waals surface area contributed by atoms with Gasteiger partial charge in [0.1, 0.15) is 0 Å². The summed E-state index contributed by atoms with van der Waals surface area (Å²) >= 11 is 0. The molecule has 0 nitrogen and oxygen atoms in total. The van der Waals surface area contributed by atoms with E-state index in [1.54, 1.807) is 0 Å². The zero-order chi connectivity index (χ0) is 8.65. The molecule has 1 fully saturated rings. The molecule has 0 aromatic carbocycles. The maximum atomic E-state index is 3.74. The zero-order valence-electron chi connectivity index (χ0n) is 8.23. The van der Waals surface area contributed by atoms with Gasteiger partial charge in [-0.05, 0) is 18.8 Å². The van der Waals surface area contributed by atoms with Gasteiger partial charge in [0, 0.05) is 0 Å². The standard InChI is InChI=1S/C12H22/c1-2-3-4-5-6-9-12-10-7-8-11-12/h2,12H,1,3-11H2. The van der Waals surface area contributed by atoms with Gasteiger partial charge in [0.25, 0.3) is 0 Å². The summed E-state index contributed by atoms with van der Waals surface area (Å²) in [5, 5.41) is 0. The summed E-state index contributed by atoms with van der Waals surface area (Å²) in [6.07, 6.45) is 15.0. The molecule has 0 radical (unpaired) electrons. The predicted molar refractivity (Wildman–Crippen MR) is 55.2 cm³/mol. The summed E-state index contributed by atoms with van der Waals surface area (Å²) in [5.74, 6) is 1.09. The molecular weight excluding hydrogens is 144 g/mol. The predicted octanol–water partition coefficient (Wildman–Crippen LogP) is 4.31. The van der Waals surface area contributed by atoms with Crippen molar-refractivity contribution in [3.8, 4) is 0 Å². The second kappa shape index (κ2) is 6.28. The van der Waals surface area contributed by atoms with Gasteiger partial charge in [-0.2, -0.15) is 0 Å². The van der Waals surface area contributed by atoms with E-state index >= 15 is 0 Å². The van der Waals surface area contributed by atoms with Gasteiger partial charge in [-0.3, -0.25) is 0 Å². The third-order valence-electron chi connectivity index (χ3n) is 3.00. The number of hydrogen-bond acceptors (Lipinski definition) is 0. The smallest absolute Gasteiger partial charge is 0.0353 e. The molecule has 1 aliphatic carbocycles. The minimum atomic E-state index is 1.09. The van der Waals surface area contributed by atoms with Crippen LogP contribution in [0.25, 0.3) is 0 Å². The van der Waals surface area contributed by atoms with Crippen LogP contribution in [0, 0.1) is 5.92 Å². The Morgan fingerprint density at radius 1 is 1.08 bits per heavy atom. The summed E-state index contributed by atoms with van der Waals surface area (Å²) in [6, 6.07) is 0. The lowest BCUT2D eigenvalue weighted by molar-refractivity contribution is 0.469. The maximum absolute atomic E-state index is 3.74. The molecule has 12 heavy (non-hydrogen) atoms. The third-order valence-corrected chi connectivity index (χ3v) is 3.00. The molecule has 0 aliphatic heterocycles. The van der Waals surface area contributed by atoms with Crippen molar-refractivity contribution in [3.63, 3.8) is 0 Å². The molecule has 0 aromatic heterocycles. The van der Waals surface area contributed by atoms with Gasteiger partial charge < -0.3 is 0 Å². The Morgan fingerprint density at radius 3 is 2.50 bits per heavy atom.